The topological polar surface area (TPSA) is 117 Å². The van der Waals surface area contributed by atoms with Crippen LogP contribution >= 0.6 is 0 Å². The molecule has 0 saturated carbocycles. The molecule has 9 nitrogen and oxygen atoms in total. The van der Waals surface area contributed by atoms with E-state index in [-0.39, 0.29) is 18.7 Å². The predicted octanol–water partition coefficient (Wildman–Crippen LogP) is 3.91. The number of esters is 1. The van der Waals surface area contributed by atoms with Gasteiger partial charge in [0.05, 0.1) is 17.4 Å². The zero-order valence-electron chi connectivity index (χ0n) is 18.0. The highest BCUT2D eigenvalue weighted by Crippen LogP contribution is 2.23. The van der Waals surface area contributed by atoms with Gasteiger partial charge in [-0.1, -0.05) is 0 Å². The molecule has 162 valence electrons. The van der Waals surface area contributed by atoms with E-state index in [9.17, 15) is 19.7 Å². The normalized spacial score (nSPS) is 12.7. The van der Waals surface area contributed by atoms with Crippen molar-refractivity contribution < 1.29 is 28.7 Å². The maximum Gasteiger partial charge on any atom is 0.408 e. The Morgan fingerprint density at radius 3 is 2.17 bits per heavy atom. The highest BCUT2D eigenvalue weighted by Gasteiger charge is 2.25. The molecule has 0 bridgehead atoms. The zero-order chi connectivity index (χ0) is 22.4. The van der Waals surface area contributed by atoms with Crippen molar-refractivity contribution in [2.75, 3.05) is 6.61 Å². The molecule has 9 heteroatoms. The van der Waals surface area contributed by atoms with E-state index in [1.807, 2.05) is 0 Å². The van der Waals surface area contributed by atoms with Gasteiger partial charge < -0.3 is 19.5 Å². The molecule has 0 radical (unpaired) electrons. The number of rotatable bonds is 7. The Hall–Kier alpha value is -2.84. The van der Waals surface area contributed by atoms with Gasteiger partial charge >= 0.3 is 12.1 Å². The first kappa shape index (κ1) is 24.2. The van der Waals surface area contributed by atoms with E-state index in [1.54, 1.807) is 48.5 Å². The summed E-state index contributed by atoms with van der Waals surface area (Å²) in [7, 11) is 0. The van der Waals surface area contributed by atoms with E-state index in [2.05, 4.69) is 5.32 Å². The van der Waals surface area contributed by atoms with Crippen LogP contribution in [-0.4, -0.2) is 40.8 Å². The standard InChI is InChI=1S/C20H30N2O7/c1-13-10-15(22(25)26)8-9-16(13)27-12-14(11-17(23)28-19(2,3)4)21-18(24)29-20(5,6)7/h8-10,14H,11-12H2,1-7H3,(H,21,24)/t14-/m1/s1. The first-order chi connectivity index (χ1) is 13.2. The fourth-order valence-electron chi connectivity index (χ4n) is 2.31. The molecule has 0 aliphatic rings. The molecule has 0 spiro atoms. The summed E-state index contributed by atoms with van der Waals surface area (Å²) in [6.45, 7) is 12.1. The summed E-state index contributed by atoms with van der Waals surface area (Å²) >= 11 is 0. The number of ether oxygens (including phenoxy) is 3. The Labute approximate surface area is 170 Å². The molecule has 0 saturated heterocycles. The molecule has 1 amide bonds. The number of benzene rings is 1. The average Bonchev–Trinajstić information content (AvgIpc) is 2.49. The van der Waals surface area contributed by atoms with Gasteiger partial charge in [0.1, 0.15) is 23.6 Å². The monoisotopic (exact) mass is 410 g/mol. The number of hydrogen-bond acceptors (Lipinski definition) is 7. The van der Waals surface area contributed by atoms with E-state index in [0.29, 0.717) is 11.3 Å². The van der Waals surface area contributed by atoms with E-state index in [0.717, 1.165) is 0 Å². The molecule has 0 heterocycles. The highest BCUT2D eigenvalue weighted by atomic mass is 16.6. The first-order valence-electron chi connectivity index (χ1n) is 9.25. The smallest absolute Gasteiger partial charge is 0.408 e. The molecule has 0 aliphatic heterocycles. The molecular formula is C20H30N2O7. The van der Waals surface area contributed by atoms with Crippen molar-refractivity contribution in [3.05, 3.63) is 33.9 Å². The van der Waals surface area contributed by atoms with Crippen molar-refractivity contribution in [3.63, 3.8) is 0 Å². The lowest BCUT2D eigenvalue weighted by Gasteiger charge is -2.25. The molecule has 1 rings (SSSR count). The second-order valence-corrected chi connectivity index (χ2v) is 8.65. The zero-order valence-corrected chi connectivity index (χ0v) is 18.0. The fraction of sp³-hybridized carbons (Fsp3) is 0.600. The number of carbonyl (C=O) groups is 2. The van der Waals surface area contributed by atoms with Crippen LogP contribution in [0.15, 0.2) is 18.2 Å². The summed E-state index contributed by atoms with van der Waals surface area (Å²) < 4.78 is 16.2. The Morgan fingerprint density at radius 1 is 1.10 bits per heavy atom. The van der Waals surface area contributed by atoms with Crippen LogP contribution in [0.3, 0.4) is 0 Å². The number of aryl methyl sites for hydroxylation is 1. The van der Waals surface area contributed by atoms with Gasteiger partial charge in [-0.25, -0.2) is 4.79 Å². The number of alkyl carbamates (subject to hydrolysis) is 1. The third-order valence-corrected chi connectivity index (χ3v) is 3.36. The second-order valence-electron chi connectivity index (χ2n) is 8.65. The quantitative estimate of drug-likeness (QED) is 0.411. The van der Waals surface area contributed by atoms with Crippen LogP contribution in [0.4, 0.5) is 10.5 Å². The summed E-state index contributed by atoms with van der Waals surface area (Å²) in [6.07, 6.45) is -0.808. The maximum atomic E-state index is 12.2. The molecule has 0 fully saturated rings. The Kier molecular flexibility index (Phi) is 7.99. The number of non-ortho nitro benzene ring substituents is 1. The Bertz CT molecular complexity index is 718. The van der Waals surface area contributed by atoms with Gasteiger partial charge in [0.25, 0.3) is 5.69 Å². The van der Waals surface area contributed by atoms with Crippen LogP contribution in [-0.2, 0) is 14.3 Å². The number of nitrogens with zero attached hydrogens (tertiary/aromatic N) is 1. The lowest BCUT2D eigenvalue weighted by Crippen LogP contribution is -2.44. The highest BCUT2D eigenvalue weighted by molar-refractivity contribution is 5.73. The van der Waals surface area contributed by atoms with Gasteiger partial charge in [0, 0.05) is 12.1 Å². The minimum absolute atomic E-state index is 0.0445. The number of hydrogen-bond donors (Lipinski definition) is 1. The van der Waals surface area contributed by atoms with Crippen LogP contribution < -0.4 is 10.1 Å². The van der Waals surface area contributed by atoms with Gasteiger partial charge in [0.2, 0.25) is 0 Å². The molecule has 1 N–H and O–H groups in total. The molecule has 0 aliphatic carbocycles. The second kappa shape index (κ2) is 9.58. The number of amides is 1. The molecule has 1 aromatic carbocycles. The van der Waals surface area contributed by atoms with Crippen LogP contribution in [0.1, 0.15) is 53.5 Å². The summed E-state index contributed by atoms with van der Waals surface area (Å²) in [5, 5.41) is 13.5. The van der Waals surface area contributed by atoms with Gasteiger partial charge in [-0.15, -0.1) is 0 Å². The number of carbonyl (C=O) groups excluding carboxylic acids is 2. The molecule has 29 heavy (non-hydrogen) atoms. The van der Waals surface area contributed by atoms with E-state index < -0.39 is 34.2 Å². The van der Waals surface area contributed by atoms with Crippen molar-refractivity contribution in [2.24, 2.45) is 0 Å². The molecular weight excluding hydrogens is 380 g/mol. The Balaban J connectivity index is 2.86. The summed E-state index contributed by atoms with van der Waals surface area (Å²) in [6, 6.07) is 3.48. The average molecular weight is 410 g/mol. The molecule has 0 unspecified atom stereocenters. The lowest BCUT2D eigenvalue weighted by molar-refractivity contribution is -0.384. The van der Waals surface area contributed by atoms with E-state index in [1.165, 1.54) is 18.2 Å². The largest absolute Gasteiger partial charge is 0.491 e. The molecule has 1 atom stereocenters. The van der Waals surface area contributed by atoms with Crippen molar-refractivity contribution in [1.29, 1.82) is 0 Å². The maximum absolute atomic E-state index is 12.2. The number of nitro benzene ring substituents is 1. The summed E-state index contributed by atoms with van der Waals surface area (Å²) in [4.78, 5) is 34.7. The lowest BCUT2D eigenvalue weighted by atomic mass is 10.1. The van der Waals surface area contributed by atoms with Gasteiger partial charge in [0.15, 0.2) is 0 Å². The van der Waals surface area contributed by atoms with Gasteiger partial charge in [-0.3, -0.25) is 14.9 Å². The van der Waals surface area contributed by atoms with Crippen LogP contribution in [0.5, 0.6) is 5.75 Å². The van der Waals surface area contributed by atoms with Gasteiger partial charge in [-0.2, -0.15) is 0 Å². The van der Waals surface area contributed by atoms with Crippen molar-refractivity contribution in [3.8, 4) is 5.75 Å². The third kappa shape index (κ3) is 9.77. The molecule has 1 aromatic rings. The SMILES string of the molecule is Cc1cc([N+](=O)[O-])ccc1OC[C@@H](CC(=O)OC(C)(C)C)NC(=O)OC(C)(C)C. The van der Waals surface area contributed by atoms with Gasteiger partial charge in [-0.05, 0) is 60.1 Å². The third-order valence-electron chi connectivity index (χ3n) is 3.36. The van der Waals surface area contributed by atoms with E-state index >= 15 is 0 Å². The van der Waals surface area contributed by atoms with Crippen LogP contribution in [0.2, 0.25) is 0 Å². The summed E-state index contributed by atoms with van der Waals surface area (Å²) in [5.41, 5.74) is -0.848. The van der Waals surface area contributed by atoms with Crippen LogP contribution in [0, 0.1) is 17.0 Å². The number of nitrogens with one attached hydrogen (secondary N) is 1. The van der Waals surface area contributed by atoms with Crippen molar-refractivity contribution in [1.82, 2.24) is 5.32 Å². The molecule has 0 aromatic heterocycles. The predicted molar refractivity (Wildman–Crippen MR) is 107 cm³/mol. The first-order valence-corrected chi connectivity index (χ1v) is 9.25. The van der Waals surface area contributed by atoms with Crippen molar-refractivity contribution in [2.45, 2.75) is 72.1 Å². The number of nitro groups is 1. The Morgan fingerprint density at radius 2 is 1.69 bits per heavy atom. The van der Waals surface area contributed by atoms with Crippen LogP contribution in [0.25, 0.3) is 0 Å². The van der Waals surface area contributed by atoms with Crippen molar-refractivity contribution >= 4 is 17.7 Å². The minimum atomic E-state index is -0.714. The van der Waals surface area contributed by atoms with E-state index in [4.69, 9.17) is 14.2 Å². The minimum Gasteiger partial charge on any atom is -0.491 e. The fourth-order valence-corrected chi connectivity index (χ4v) is 2.31. The summed E-state index contributed by atoms with van der Waals surface area (Å²) in [5.74, 6) is -0.0849.